The summed E-state index contributed by atoms with van der Waals surface area (Å²) < 4.78 is 69.7. The van der Waals surface area contributed by atoms with E-state index in [0.29, 0.717) is 4.31 Å². The molecule has 0 aliphatic carbocycles. The van der Waals surface area contributed by atoms with Gasteiger partial charge in [-0.25, -0.2) is 17.5 Å². The number of alkyl halides is 3. The number of nitrogens with zero attached hydrogens (tertiary/aromatic N) is 1. The average molecular weight is 351 g/mol. The molecule has 0 fully saturated rings. The number of carboxylic acids is 1. The van der Waals surface area contributed by atoms with E-state index >= 15 is 0 Å². The minimum absolute atomic E-state index is 0.223. The van der Waals surface area contributed by atoms with E-state index in [2.05, 4.69) is 0 Å². The van der Waals surface area contributed by atoms with Crippen LogP contribution in [0.15, 0.2) is 29.8 Å². The molecular formula is C13H12F3NO5S. The van der Waals surface area contributed by atoms with Crippen molar-refractivity contribution in [2.75, 3.05) is 14.1 Å². The largest absolute Gasteiger partial charge is 0.478 e. The number of fused-ring (bicyclic) bond motifs is 1. The van der Waals surface area contributed by atoms with Gasteiger partial charge in [0.15, 0.2) is 0 Å². The number of para-hydroxylation sites is 1. The fraction of sp³-hybridized carbons (Fsp3) is 0.308. The molecule has 0 aromatic heterocycles. The Balaban J connectivity index is 2.92. The molecule has 1 aliphatic heterocycles. The van der Waals surface area contributed by atoms with Gasteiger partial charge in [0.05, 0.1) is 0 Å². The first kappa shape index (κ1) is 17.3. The molecule has 1 N–H and O–H groups in total. The zero-order chi connectivity index (χ0) is 17.6. The highest BCUT2D eigenvalue weighted by Crippen LogP contribution is 2.44. The lowest BCUT2D eigenvalue weighted by Crippen LogP contribution is -2.43. The van der Waals surface area contributed by atoms with Crippen LogP contribution in [0.5, 0.6) is 5.75 Å². The van der Waals surface area contributed by atoms with Gasteiger partial charge in [0.25, 0.3) is 0 Å². The Labute approximate surface area is 129 Å². The van der Waals surface area contributed by atoms with E-state index in [0.717, 1.165) is 20.2 Å². The van der Waals surface area contributed by atoms with Crippen molar-refractivity contribution in [1.82, 2.24) is 4.31 Å². The molecular weight excluding hydrogens is 339 g/mol. The molecule has 0 saturated heterocycles. The lowest BCUT2D eigenvalue weighted by atomic mass is 10.0. The van der Waals surface area contributed by atoms with E-state index in [1.165, 1.54) is 18.2 Å². The quantitative estimate of drug-likeness (QED) is 0.896. The number of carbonyl (C=O) groups is 1. The number of sulfonamides is 1. The van der Waals surface area contributed by atoms with Gasteiger partial charge in [-0.2, -0.15) is 13.2 Å². The maximum absolute atomic E-state index is 13.2. The van der Waals surface area contributed by atoms with E-state index in [1.807, 2.05) is 0 Å². The lowest BCUT2D eigenvalue weighted by molar-refractivity contribution is -0.187. The number of halogens is 3. The third-order valence-corrected chi connectivity index (χ3v) is 5.07. The molecule has 10 heteroatoms. The standard InChI is InChI=1S/C13H12F3NO5S/c1-17(2)23(20,21)10-7-5-3-4-6-8(7)22-11(13(14,15)16)9(10)12(18)19/h3-6,11H,1-2H3,(H,18,19). The van der Waals surface area contributed by atoms with Gasteiger partial charge in [0, 0.05) is 19.7 Å². The second-order valence-electron chi connectivity index (χ2n) is 4.87. The predicted molar refractivity (Wildman–Crippen MR) is 74.1 cm³/mol. The van der Waals surface area contributed by atoms with Crippen LogP contribution in [0, 0.1) is 0 Å². The van der Waals surface area contributed by atoms with Crippen LogP contribution in [0.3, 0.4) is 0 Å². The number of carboxylic acid groups (broad SMARTS) is 1. The first-order valence-electron chi connectivity index (χ1n) is 6.20. The fourth-order valence-electron chi connectivity index (χ4n) is 2.11. The number of hydrogen-bond donors (Lipinski definition) is 1. The molecule has 23 heavy (non-hydrogen) atoms. The third kappa shape index (κ3) is 2.91. The Morgan fingerprint density at radius 3 is 2.30 bits per heavy atom. The summed E-state index contributed by atoms with van der Waals surface area (Å²) in [6.07, 6.45) is -7.96. The third-order valence-electron chi connectivity index (χ3n) is 3.15. The van der Waals surface area contributed by atoms with Crippen LogP contribution in [0.1, 0.15) is 5.56 Å². The van der Waals surface area contributed by atoms with E-state index in [1.54, 1.807) is 0 Å². The molecule has 1 aromatic carbocycles. The van der Waals surface area contributed by atoms with Crippen molar-refractivity contribution in [2.45, 2.75) is 12.3 Å². The van der Waals surface area contributed by atoms with Crippen molar-refractivity contribution < 1.29 is 36.2 Å². The molecule has 126 valence electrons. The summed E-state index contributed by atoms with van der Waals surface area (Å²) in [6.45, 7) is 0. The number of rotatable bonds is 3. The molecule has 1 aromatic rings. The summed E-state index contributed by atoms with van der Waals surface area (Å²) in [5.41, 5.74) is -1.58. The molecule has 2 rings (SSSR count). The van der Waals surface area contributed by atoms with Crippen LogP contribution >= 0.6 is 0 Å². The minimum Gasteiger partial charge on any atom is -0.478 e. The van der Waals surface area contributed by atoms with Crippen LogP contribution < -0.4 is 4.74 Å². The van der Waals surface area contributed by atoms with Crippen LogP contribution in [0.4, 0.5) is 13.2 Å². The highest BCUT2D eigenvalue weighted by molar-refractivity contribution is 7.98. The second-order valence-corrected chi connectivity index (χ2v) is 6.96. The van der Waals surface area contributed by atoms with Gasteiger partial charge >= 0.3 is 12.1 Å². The zero-order valence-corrected chi connectivity index (χ0v) is 12.8. The molecule has 1 unspecified atom stereocenters. The fourth-order valence-corrected chi connectivity index (χ4v) is 3.39. The summed E-state index contributed by atoms with van der Waals surface area (Å²) in [4.78, 5) is 10.5. The minimum atomic E-state index is -5.09. The Morgan fingerprint density at radius 1 is 1.26 bits per heavy atom. The number of ether oxygens (including phenoxy) is 1. The molecule has 0 amide bonds. The van der Waals surface area contributed by atoms with Gasteiger partial charge in [-0.3, -0.25) is 0 Å². The average Bonchev–Trinajstić information content (AvgIpc) is 2.43. The van der Waals surface area contributed by atoms with Crippen LogP contribution in [0.25, 0.3) is 4.91 Å². The Kier molecular flexibility index (Phi) is 4.16. The van der Waals surface area contributed by atoms with Crippen molar-refractivity contribution in [1.29, 1.82) is 0 Å². The first-order valence-corrected chi connectivity index (χ1v) is 7.64. The van der Waals surface area contributed by atoms with Gasteiger partial charge in [-0.15, -0.1) is 0 Å². The maximum Gasteiger partial charge on any atom is 0.430 e. The highest BCUT2D eigenvalue weighted by Gasteiger charge is 2.52. The summed E-state index contributed by atoms with van der Waals surface area (Å²) >= 11 is 0. The van der Waals surface area contributed by atoms with Crippen molar-refractivity contribution in [3.63, 3.8) is 0 Å². The van der Waals surface area contributed by atoms with E-state index in [9.17, 15) is 31.5 Å². The molecule has 0 saturated carbocycles. The van der Waals surface area contributed by atoms with Crippen LogP contribution in [0.2, 0.25) is 0 Å². The second kappa shape index (κ2) is 5.53. The maximum atomic E-state index is 13.2. The molecule has 1 atom stereocenters. The number of aliphatic carboxylic acids is 1. The molecule has 6 nitrogen and oxygen atoms in total. The Hall–Kier alpha value is -2.07. The van der Waals surface area contributed by atoms with E-state index in [4.69, 9.17) is 4.74 Å². The SMILES string of the molecule is CN(C)S(=O)(=O)C1=C(C(=O)O)C(C(F)(F)F)Oc2ccccc21. The van der Waals surface area contributed by atoms with Gasteiger partial charge in [0.1, 0.15) is 16.2 Å². The van der Waals surface area contributed by atoms with E-state index in [-0.39, 0.29) is 11.3 Å². The summed E-state index contributed by atoms with van der Waals surface area (Å²) in [7, 11) is -2.25. The molecule has 1 heterocycles. The molecule has 0 spiro atoms. The summed E-state index contributed by atoms with van der Waals surface area (Å²) in [5, 5.41) is 9.19. The first-order chi connectivity index (χ1) is 10.5. The van der Waals surface area contributed by atoms with Gasteiger partial charge in [-0.1, -0.05) is 12.1 Å². The monoisotopic (exact) mass is 351 g/mol. The molecule has 0 bridgehead atoms. The summed E-state index contributed by atoms with van der Waals surface area (Å²) in [6, 6.07) is 5.08. The van der Waals surface area contributed by atoms with Gasteiger partial charge < -0.3 is 9.84 Å². The van der Waals surface area contributed by atoms with Gasteiger partial charge in [0.2, 0.25) is 16.1 Å². The lowest BCUT2D eigenvalue weighted by Gasteiger charge is -2.31. The molecule has 0 radical (unpaired) electrons. The van der Waals surface area contributed by atoms with Crippen molar-refractivity contribution in [3.8, 4) is 5.75 Å². The van der Waals surface area contributed by atoms with Crippen molar-refractivity contribution >= 4 is 20.9 Å². The van der Waals surface area contributed by atoms with Crippen LogP contribution in [-0.2, 0) is 14.8 Å². The smallest absolute Gasteiger partial charge is 0.430 e. The summed E-state index contributed by atoms with van der Waals surface area (Å²) in [5.74, 6) is -2.36. The number of hydrogen-bond acceptors (Lipinski definition) is 4. The zero-order valence-electron chi connectivity index (χ0n) is 12.0. The van der Waals surface area contributed by atoms with Crippen molar-refractivity contribution in [3.05, 3.63) is 35.4 Å². The highest BCUT2D eigenvalue weighted by atomic mass is 32.2. The van der Waals surface area contributed by atoms with Gasteiger partial charge in [-0.05, 0) is 12.1 Å². The normalized spacial score (nSPS) is 18.6. The molecule has 1 aliphatic rings. The van der Waals surface area contributed by atoms with Crippen molar-refractivity contribution in [2.24, 2.45) is 0 Å². The number of benzene rings is 1. The van der Waals surface area contributed by atoms with Crippen LogP contribution in [-0.4, -0.2) is 50.2 Å². The predicted octanol–water partition coefficient (Wildman–Crippen LogP) is 1.70. The van der Waals surface area contributed by atoms with E-state index < -0.39 is 38.8 Å². The Bertz CT molecular complexity index is 783. The topological polar surface area (TPSA) is 83.9 Å². The Morgan fingerprint density at radius 2 is 1.83 bits per heavy atom.